The molecule has 4 nitrogen and oxygen atoms in total. The van der Waals surface area contributed by atoms with E-state index in [4.69, 9.17) is 0 Å². The third-order valence-electron chi connectivity index (χ3n) is 2.77. The van der Waals surface area contributed by atoms with Crippen molar-refractivity contribution >= 4 is 5.91 Å². The van der Waals surface area contributed by atoms with Gasteiger partial charge in [-0.3, -0.25) is 9.78 Å². The van der Waals surface area contributed by atoms with Crippen LogP contribution in [0.1, 0.15) is 17.3 Å². The molecule has 86 valence electrons. The maximum Gasteiger partial charge on any atom is 0.257 e. The van der Waals surface area contributed by atoms with Crippen LogP contribution in [0.25, 0.3) is 0 Å². The number of carbonyl (C=O) groups is 1. The summed E-state index contributed by atoms with van der Waals surface area (Å²) in [6.45, 7) is 4.06. The van der Waals surface area contributed by atoms with Crippen LogP contribution in [-0.2, 0) is 0 Å². The number of hydrogen-bond donors (Lipinski definition) is 1. The zero-order chi connectivity index (χ0) is 11.5. The maximum atomic E-state index is 13.4. The van der Waals surface area contributed by atoms with Gasteiger partial charge in [0.15, 0.2) is 5.82 Å². The van der Waals surface area contributed by atoms with E-state index < -0.39 is 5.82 Å². The molecule has 16 heavy (non-hydrogen) atoms. The number of nitrogens with one attached hydrogen (secondary N) is 1. The van der Waals surface area contributed by atoms with Crippen molar-refractivity contribution < 1.29 is 9.18 Å². The van der Waals surface area contributed by atoms with E-state index in [9.17, 15) is 9.18 Å². The Morgan fingerprint density at radius 3 is 3.19 bits per heavy atom. The molecular formula is C11H14FN3O. The minimum Gasteiger partial charge on any atom is -0.333 e. The molecule has 1 unspecified atom stereocenters. The van der Waals surface area contributed by atoms with E-state index in [-0.39, 0.29) is 17.5 Å². The van der Waals surface area contributed by atoms with Crippen LogP contribution in [0.4, 0.5) is 4.39 Å². The molecule has 0 spiro atoms. The number of hydrogen-bond acceptors (Lipinski definition) is 3. The summed E-state index contributed by atoms with van der Waals surface area (Å²) in [7, 11) is 0. The predicted octanol–water partition coefficient (Wildman–Crippen LogP) is 0.655. The molecule has 1 aliphatic heterocycles. The lowest BCUT2D eigenvalue weighted by atomic mass is 10.1. The third-order valence-corrected chi connectivity index (χ3v) is 2.77. The minimum atomic E-state index is -0.557. The van der Waals surface area contributed by atoms with E-state index in [0.717, 1.165) is 19.3 Å². The lowest BCUT2D eigenvalue weighted by Crippen LogP contribution is -2.52. The molecule has 1 amide bonds. The van der Waals surface area contributed by atoms with Gasteiger partial charge in [0.1, 0.15) is 0 Å². The standard InChI is InChI=1S/C11H14FN3O/c1-8-6-14-4-5-15(8)11(16)9-2-3-13-7-10(9)12/h2-3,7-8,14H,4-6H2,1H3. The van der Waals surface area contributed by atoms with Gasteiger partial charge in [-0.05, 0) is 13.0 Å². The Morgan fingerprint density at radius 1 is 1.69 bits per heavy atom. The molecule has 1 N–H and O–H groups in total. The fourth-order valence-electron chi connectivity index (χ4n) is 1.85. The lowest BCUT2D eigenvalue weighted by Gasteiger charge is -2.34. The molecule has 2 heterocycles. The molecule has 0 saturated carbocycles. The molecular weight excluding hydrogens is 209 g/mol. The van der Waals surface area contributed by atoms with Gasteiger partial charge >= 0.3 is 0 Å². The fraction of sp³-hybridized carbons (Fsp3) is 0.455. The number of rotatable bonds is 1. The summed E-state index contributed by atoms with van der Waals surface area (Å²) in [6, 6.07) is 1.51. The number of pyridine rings is 1. The summed E-state index contributed by atoms with van der Waals surface area (Å²) in [5.74, 6) is -0.813. The Labute approximate surface area is 93.5 Å². The monoisotopic (exact) mass is 223 g/mol. The summed E-state index contributed by atoms with van der Waals surface area (Å²) in [4.78, 5) is 17.4. The third kappa shape index (κ3) is 2.04. The molecule has 1 aliphatic rings. The summed E-state index contributed by atoms with van der Waals surface area (Å²) >= 11 is 0. The van der Waals surface area contributed by atoms with Crippen molar-refractivity contribution in [2.24, 2.45) is 0 Å². The number of carbonyl (C=O) groups excluding carboxylic acids is 1. The minimum absolute atomic E-state index is 0.0915. The van der Waals surface area contributed by atoms with E-state index in [2.05, 4.69) is 10.3 Å². The smallest absolute Gasteiger partial charge is 0.257 e. The topological polar surface area (TPSA) is 45.2 Å². The molecule has 2 rings (SSSR count). The maximum absolute atomic E-state index is 13.4. The number of piperazine rings is 1. The Morgan fingerprint density at radius 2 is 2.50 bits per heavy atom. The highest BCUT2D eigenvalue weighted by Gasteiger charge is 2.25. The second-order valence-corrected chi connectivity index (χ2v) is 3.91. The Balaban J connectivity index is 2.21. The van der Waals surface area contributed by atoms with E-state index in [0.29, 0.717) is 6.54 Å². The molecule has 0 aromatic carbocycles. The van der Waals surface area contributed by atoms with Crippen molar-refractivity contribution in [3.8, 4) is 0 Å². The number of amides is 1. The van der Waals surface area contributed by atoms with Crippen molar-refractivity contribution in [2.75, 3.05) is 19.6 Å². The van der Waals surface area contributed by atoms with Crippen molar-refractivity contribution in [3.05, 3.63) is 29.8 Å². The molecule has 1 aromatic rings. The molecule has 0 bridgehead atoms. The first kappa shape index (κ1) is 11.0. The average Bonchev–Trinajstić information content (AvgIpc) is 2.29. The quantitative estimate of drug-likeness (QED) is 0.760. The van der Waals surface area contributed by atoms with Crippen LogP contribution in [0.5, 0.6) is 0 Å². The van der Waals surface area contributed by atoms with Crippen LogP contribution >= 0.6 is 0 Å². The Hall–Kier alpha value is -1.49. The highest BCUT2D eigenvalue weighted by atomic mass is 19.1. The van der Waals surface area contributed by atoms with E-state index >= 15 is 0 Å². The van der Waals surface area contributed by atoms with Gasteiger partial charge in [0.05, 0.1) is 11.8 Å². The van der Waals surface area contributed by atoms with Crippen LogP contribution < -0.4 is 5.32 Å². The molecule has 0 aliphatic carbocycles. The molecule has 5 heteroatoms. The highest BCUT2D eigenvalue weighted by Crippen LogP contribution is 2.12. The largest absolute Gasteiger partial charge is 0.333 e. The Kier molecular flexibility index (Phi) is 3.14. The van der Waals surface area contributed by atoms with Crippen LogP contribution in [-0.4, -0.2) is 41.5 Å². The zero-order valence-corrected chi connectivity index (χ0v) is 9.11. The van der Waals surface area contributed by atoms with Gasteiger partial charge in [-0.1, -0.05) is 0 Å². The SMILES string of the molecule is CC1CNCCN1C(=O)c1ccncc1F. The average molecular weight is 223 g/mol. The fourth-order valence-corrected chi connectivity index (χ4v) is 1.85. The lowest BCUT2D eigenvalue weighted by molar-refractivity contribution is 0.0651. The van der Waals surface area contributed by atoms with Crippen molar-refractivity contribution in [1.29, 1.82) is 0 Å². The summed E-state index contributed by atoms with van der Waals surface area (Å²) in [5.41, 5.74) is 0.101. The zero-order valence-electron chi connectivity index (χ0n) is 9.11. The van der Waals surface area contributed by atoms with Crippen LogP contribution in [0.15, 0.2) is 18.5 Å². The first-order valence-corrected chi connectivity index (χ1v) is 5.31. The van der Waals surface area contributed by atoms with Crippen molar-refractivity contribution in [2.45, 2.75) is 13.0 Å². The summed E-state index contributed by atoms with van der Waals surface area (Å²) in [6.07, 6.45) is 2.50. The predicted molar refractivity (Wildman–Crippen MR) is 57.6 cm³/mol. The van der Waals surface area contributed by atoms with E-state index in [1.165, 1.54) is 12.3 Å². The van der Waals surface area contributed by atoms with Gasteiger partial charge < -0.3 is 10.2 Å². The second kappa shape index (κ2) is 4.57. The van der Waals surface area contributed by atoms with Crippen LogP contribution in [0.2, 0.25) is 0 Å². The second-order valence-electron chi connectivity index (χ2n) is 3.91. The number of halogens is 1. The van der Waals surface area contributed by atoms with Gasteiger partial charge in [-0.25, -0.2) is 4.39 Å². The molecule has 0 radical (unpaired) electrons. The first-order valence-electron chi connectivity index (χ1n) is 5.31. The number of nitrogens with zero attached hydrogens (tertiary/aromatic N) is 2. The molecule has 1 fully saturated rings. The van der Waals surface area contributed by atoms with Gasteiger partial charge in [-0.15, -0.1) is 0 Å². The van der Waals surface area contributed by atoms with Crippen LogP contribution in [0, 0.1) is 5.82 Å². The normalized spacial score (nSPS) is 20.9. The van der Waals surface area contributed by atoms with Crippen LogP contribution in [0.3, 0.4) is 0 Å². The van der Waals surface area contributed by atoms with E-state index in [1.54, 1.807) is 4.90 Å². The van der Waals surface area contributed by atoms with Gasteiger partial charge in [0.25, 0.3) is 5.91 Å². The highest BCUT2D eigenvalue weighted by molar-refractivity contribution is 5.94. The first-order chi connectivity index (χ1) is 7.70. The number of aromatic nitrogens is 1. The Bertz CT molecular complexity index is 397. The van der Waals surface area contributed by atoms with Crippen molar-refractivity contribution in [1.82, 2.24) is 15.2 Å². The van der Waals surface area contributed by atoms with Gasteiger partial charge in [0.2, 0.25) is 0 Å². The van der Waals surface area contributed by atoms with E-state index in [1.807, 2.05) is 6.92 Å². The van der Waals surface area contributed by atoms with Gasteiger partial charge in [-0.2, -0.15) is 0 Å². The molecule has 1 atom stereocenters. The molecule has 1 saturated heterocycles. The summed E-state index contributed by atoms with van der Waals surface area (Å²) < 4.78 is 13.4. The van der Waals surface area contributed by atoms with Gasteiger partial charge in [0, 0.05) is 31.9 Å². The van der Waals surface area contributed by atoms with Crippen molar-refractivity contribution in [3.63, 3.8) is 0 Å². The molecule has 1 aromatic heterocycles. The summed E-state index contributed by atoms with van der Waals surface area (Å²) in [5, 5.41) is 3.19.